The van der Waals surface area contributed by atoms with Gasteiger partial charge in [-0.3, -0.25) is 9.59 Å². The molecule has 1 unspecified atom stereocenters. The summed E-state index contributed by atoms with van der Waals surface area (Å²) < 4.78 is 5.37. The molecule has 0 aliphatic carbocycles. The first kappa shape index (κ1) is 19.7. The lowest BCUT2D eigenvalue weighted by Crippen LogP contribution is -2.37. The van der Waals surface area contributed by atoms with E-state index in [-0.39, 0.29) is 24.2 Å². The zero-order valence-corrected chi connectivity index (χ0v) is 15.6. The fraction of sp³-hybridized carbons (Fsp3) is 0.364. The Morgan fingerprint density at radius 2 is 1.38 bits per heavy atom. The van der Waals surface area contributed by atoms with Crippen LogP contribution in [0.5, 0.6) is 0 Å². The van der Waals surface area contributed by atoms with Gasteiger partial charge >= 0.3 is 5.97 Å². The summed E-state index contributed by atoms with van der Waals surface area (Å²) >= 11 is 0. The predicted octanol–water partition coefficient (Wildman–Crippen LogP) is 3.91. The van der Waals surface area contributed by atoms with Crippen molar-refractivity contribution in [1.29, 1.82) is 0 Å². The number of rotatable bonds is 8. The second kappa shape index (κ2) is 9.76. The molecule has 1 atom stereocenters. The topological polar surface area (TPSA) is 55.4 Å². The summed E-state index contributed by atoms with van der Waals surface area (Å²) in [6.45, 7) is 6.20. The van der Waals surface area contributed by atoms with Crippen LogP contribution in [0.25, 0.3) is 0 Å². The molecule has 138 valence electrons. The fourth-order valence-corrected chi connectivity index (χ4v) is 2.71. The van der Waals surface area contributed by atoms with Crippen molar-refractivity contribution in [3.05, 3.63) is 71.8 Å². The van der Waals surface area contributed by atoms with Crippen LogP contribution in [0.15, 0.2) is 60.7 Å². The van der Waals surface area contributed by atoms with Crippen molar-refractivity contribution in [2.75, 3.05) is 6.54 Å². The summed E-state index contributed by atoms with van der Waals surface area (Å²) in [7, 11) is 0. The molecular formula is C22H27NO3. The molecule has 0 radical (unpaired) electrons. The van der Waals surface area contributed by atoms with Crippen LogP contribution in [-0.4, -0.2) is 24.5 Å². The molecule has 0 spiro atoms. The quantitative estimate of drug-likeness (QED) is 0.732. The Balaban J connectivity index is 2.04. The van der Waals surface area contributed by atoms with Crippen LogP contribution in [0.4, 0.5) is 0 Å². The number of amides is 1. The zero-order chi connectivity index (χ0) is 18.9. The smallest absolute Gasteiger partial charge is 0.307 e. The molecule has 1 N–H and O–H groups in total. The molecule has 2 rings (SSSR count). The van der Waals surface area contributed by atoms with Crippen LogP contribution in [0.3, 0.4) is 0 Å². The van der Waals surface area contributed by atoms with Crippen molar-refractivity contribution in [3.8, 4) is 0 Å². The minimum Gasteiger partial charge on any atom is -0.453 e. The SMILES string of the molecule is CC(C)CNC(=O)C(C)OC(=O)CC(c1ccccc1)c1ccccc1. The van der Waals surface area contributed by atoms with Crippen LogP contribution in [0, 0.1) is 5.92 Å². The van der Waals surface area contributed by atoms with E-state index < -0.39 is 6.10 Å². The van der Waals surface area contributed by atoms with Gasteiger partial charge in [0.05, 0.1) is 6.42 Å². The monoisotopic (exact) mass is 353 g/mol. The number of nitrogens with one attached hydrogen (secondary N) is 1. The van der Waals surface area contributed by atoms with Crippen molar-refractivity contribution >= 4 is 11.9 Å². The Labute approximate surface area is 155 Å². The summed E-state index contributed by atoms with van der Waals surface area (Å²) in [6.07, 6.45) is -0.607. The second-order valence-corrected chi connectivity index (χ2v) is 6.85. The predicted molar refractivity (Wildman–Crippen MR) is 103 cm³/mol. The number of benzene rings is 2. The molecule has 0 fully saturated rings. The van der Waals surface area contributed by atoms with Crippen LogP contribution in [-0.2, 0) is 14.3 Å². The van der Waals surface area contributed by atoms with E-state index in [1.165, 1.54) is 0 Å². The van der Waals surface area contributed by atoms with Gasteiger partial charge < -0.3 is 10.1 Å². The van der Waals surface area contributed by atoms with Gasteiger partial charge in [-0.05, 0) is 24.0 Å². The molecule has 0 aliphatic rings. The van der Waals surface area contributed by atoms with Crippen LogP contribution in [0.1, 0.15) is 44.2 Å². The number of hydrogen-bond acceptors (Lipinski definition) is 3. The van der Waals surface area contributed by atoms with Gasteiger partial charge in [-0.25, -0.2) is 0 Å². The lowest BCUT2D eigenvalue weighted by Gasteiger charge is -2.19. The van der Waals surface area contributed by atoms with Crippen LogP contribution in [0.2, 0.25) is 0 Å². The largest absolute Gasteiger partial charge is 0.453 e. The van der Waals surface area contributed by atoms with E-state index in [4.69, 9.17) is 4.74 Å². The van der Waals surface area contributed by atoms with Gasteiger partial charge in [0.1, 0.15) is 0 Å². The molecule has 2 aromatic carbocycles. The first-order chi connectivity index (χ1) is 12.5. The summed E-state index contributed by atoms with van der Waals surface area (Å²) in [5, 5.41) is 2.79. The van der Waals surface area contributed by atoms with Gasteiger partial charge in [-0.15, -0.1) is 0 Å². The van der Waals surface area contributed by atoms with Crippen LogP contribution >= 0.6 is 0 Å². The molecule has 4 heteroatoms. The van der Waals surface area contributed by atoms with Gasteiger partial charge in [-0.1, -0.05) is 74.5 Å². The van der Waals surface area contributed by atoms with Crippen molar-refractivity contribution in [2.24, 2.45) is 5.92 Å². The zero-order valence-electron chi connectivity index (χ0n) is 15.6. The number of ether oxygens (including phenoxy) is 1. The first-order valence-corrected chi connectivity index (χ1v) is 9.04. The third-order valence-electron chi connectivity index (χ3n) is 4.14. The van der Waals surface area contributed by atoms with E-state index in [1.54, 1.807) is 6.92 Å². The van der Waals surface area contributed by atoms with Gasteiger partial charge in [0, 0.05) is 12.5 Å². The molecule has 0 saturated carbocycles. The van der Waals surface area contributed by atoms with Gasteiger partial charge in [0.2, 0.25) is 0 Å². The maximum absolute atomic E-state index is 12.5. The Kier molecular flexibility index (Phi) is 7.39. The summed E-state index contributed by atoms with van der Waals surface area (Å²) in [5.41, 5.74) is 2.10. The molecule has 1 amide bonds. The highest BCUT2D eigenvalue weighted by molar-refractivity contribution is 5.83. The molecule has 2 aromatic rings. The summed E-state index contributed by atoms with van der Waals surface area (Å²) in [6, 6.07) is 19.7. The lowest BCUT2D eigenvalue weighted by molar-refractivity contribution is -0.155. The van der Waals surface area contributed by atoms with E-state index in [0.29, 0.717) is 12.5 Å². The van der Waals surface area contributed by atoms with Crippen molar-refractivity contribution < 1.29 is 14.3 Å². The van der Waals surface area contributed by atoms with E-state index >= 15 is 0 Å². The number of carbonyl (C=O) groups is 2. The maximum Gasteiger partial charge on any atom is 0.307 e. The Hall–Kier alpha value is -2.62. The number of hydrogen-bond donors (Lipinski definition) is 1. The molecule has 26 heavy (non-hydrogen) atoms. The molecule has 4 nitrogen and oxygen atoms in total. The molecule has 0 saturated heterocycles. The molecule has 0 bridgehead atoms. The molecule has 0 aliphatic heterocycles. The third-order valence-corrected chi connectivity index (χ3v) is 4.14. The number of esters is 1. The summed E-state index contributed by atoms with van der Waals surface area (Å²) in [4.78, 5) is 24.5. The second-order valence-electron chi connectivity index (χ2n) is 6.85. The molecule has 0 aromatic heterocycles. The van der Waals surface area contributed by atoms with Gasteiger partial charge in [0.15, 0.2) is 6.10 Å². The average molecular weight is 353 g/mol. The molecular weight excluding hydrogens is 326 g/mol. The van der Waals surface area contributed by atoms with Gasteiger partial charge in [-0.2, -0.15) is 0 Å². The van der Waals surface area contributed by atoms with Crippen molar-refractivity contribution in [3.63, 3.8) is 0 Å². The van der Waals surface area contributed by atoms with E-state index in [1.807, 2.05) is 74.5 Å². The lowest BCUT2D eigenvalue weighted by atomic mass is 9.88. The highest BCUT2D eigenvalue weighted by atomic mass is 16.5. The minimum atomic E-state index is -0.798. The van der Waals surface area contributed by atoms with Gasteiger partial charge in [0.25, 0.3) is 5.91 Å². The van der Waals surface area contributed by atoms with E-state index in [9.17, 15) is 9.59 Å². The fourth-order valence-electron chi connectivity index (χ4n) is 2.71. The van der Waals surface area contributed by atoms with Crippen molar-refractivity contribution in [2.45, 2.75) is 39.2 Å². The standard InChI is InChI=1S/C22H27NO3/c1-16(2)15-23-22(25)17(3)26-21(24)14-20(18-10-6-4-7-11-18)19-12-8-5-9-13-19/h4-13,16-17,20H,14-15H2,1-3H3,(H,23,25). The van der Waals surface area contributed by atoms with E-state index in [2.05, 4.69) is 5.32 Å². The highest BCUT2D eigenvalue weighted by Crippen LogP contribution is 2.28. The highest BCUT2D eigenvalue weighted by Gasteiger charge is 2.23. The Morgan fingerprint density at radius 3 is 1.85 bits per heavy atom. The van der Waals surface area contributed by atoms with Crippen LogP contribution < -0.4 is 5.32 Å². The third kappa shape index (κ3) is 6.03. The molecule has 0 heterocycles. The Bertz CT molecular complexity index is 658. The first-order valence-electron chi connectivity index (χ1n) is 9.04. The average Bonchev–Trinajstić information content (AvgIpc) is 2.65. The summed E-state index contributed by atoms with van der Waals surface area (Å²) in [5.74, 6) is -0.392. The van der Waals surface area contributed by atoms with E-state index in [0.717, 1.165) is 11.1 Å². The normalized spacial score (nSPS) is 12.0. The Morgan fingerprint density at radius 1 is 0.885 bits per heavy atom. The number of carbonyl (C=O) groups excluding carboxylic acids is 2. The van der Waals surface area contributed by atoms with Crippen molar-refractivity contribution in [1.82, 2.24) is 5.32 Å². The minimum absolute atomic E-state index is 0.101. The maximum atomic E-state index is 12.5.